The number of nitrogens with zero attached hydrogens (tertiary/aromatic N) is 3. The van der Waals surface area contributed by atoms with Crippen molar-refractivity contribution in [1.29, 1.82) is 0 Å². The summed E-state index contributed by atoms with van der Waals surface area (Å²) in [5.74, 6) is 0.896. The molecule has 0 spiro atoms. The summed E-state index contributed by atoms with van der Waals surface area (Å²) in [7, 11) is 5.78. The number of likely N-dealkylation sites (N-methyl/N-ethyl adjacent to an activating group) is 1. The van der Waals surface area contributed by atoms with Crippen LogP contribution >= 0.6 is 24.0 Å². The number of rotatable bonds is 8. The molecule has 2 saturated heterocycles. The maximum absolute atomic E-state index is 14.0. The number of piperidine rings is 1. The number of nitrogens with one attached hydrogen (secondary N) is 2. The van der Waals surface area contributed by atoms with Crippen LogP contribution in [0.25, 0.3) is 0 Å². The third-order valence-electron chi connectivity index (χ3n) is 6.80. The van der Waals surface area contributed by atoms with E-state index in [0.29, 0.717) is 11.8 Å². The van der Waals surface area contributed by atoms with Crippen LogP contribution in [0.4, 0.5) is 4.39 Å². The predicted octanol–water partition coefficient (Wildman–Crippen LogP) is 3.08. The number of ether oxygens (including phenoxy) is 2. The van der Waals surface area contributed by atoms with Crippen LogP contribution in [0.15, 0.2) is 23.2 Å². The Morgan fingerprint density at radius 3 is 2.55 bits per heavy atom. The molecule has 2 aliphatic heterocycles. The van der Waals surface area contributed by atoms with Crippen LogP contribution in [0.2, 0.25) is 0 Å². The van der Waals surface area contributed by atoms with Crippen LogP contribution in [0.3, 0.4) is 0 Å². The van der Waals surface area contributed by atoms with Crippen molar-refractivity contribution < 1.29 is 13.9 Å². The van der Waals surface area contributed by atoms with E-state index in [4.69, 9.17) is 14.5 Å². The average molecular weight is 578 g/mol. The summed E-state index contributed by atoms with van der Waals surface area (Å²) in [4.78, 5) is 9.66. The summed E-state index contributed by atoms with van der Waals surface area (Å²) in [6.45, 7) is 8.02. The lowest BCUT2D eigenvalue weighted by Gasteiger charge is -2.42. The number of benzene rings is 1. The molecule has 0 unspecified atom stereocenters. The lowest BCUT2D eigenvalue weighted by atomic mass is 9.89. The van der Waals surface area contributed by atoms with Crippen LogP contribution in [0.1, 0.15) is 38.2 Å². The number of guanidine groups is 1. The molecule has 0 amide bonds. The van der Waals surface area contributed by atoms with Crippen LogP contribution < -0.4 is 15.4 Å². The Morgan fingerprint density at radius 2 is 1.97 bits per heavy atom. The van der Waals surface area contributed by atoms with Gasteiger partial charge in [0.2, 0.25) is 0 Å². The Hall–Kier alpha value is -1.17. The number of likely N-dealkylation sites (tertiary alicyclic amines) is 1. The fourth-order valence-corrected chi connectivity index (χ4v) is 4.54. The molecule has 0 radical (unpaired) electrons. The third kappa shape index (κ3) is 7.93. The maximum atomic E-state index is 14.0. The molecule has 188 valence electrons. The van der Waals surface area contributed by atoms with Gasteiger partial charge in [0, 0.05) is 51.0 Å². The second-order valence-electron chi connectivity index (χ2n) is 9.09. The topological polar surface area (TPSA) is 61.4 Å². The summed E-state index contributed by atoms with van der Waals surface area (Å²) in [6, 6.07) is 5.62. The Morgan fingerprint density at radius 1 is 1.27 bits per heavy atom. The monoisotopic (exact) mass is 577 g/mol. The Bertz CT molecular complexity index is 750. The first-order chi connectivity index (χ1) is 15.5. The number of hydrogen-bond donors (Lipinski definition) is 2. The molecule has 0 aliphatic carbocycles. The number of aliphatic imine (C=N–C) groups is 1. The number of halogens is 2. The van der Waals surface area contributed by atoms with Crippen molar-refractivity contribution in [2.75, 3.05) is 60.6 Å². The lowest BCUT2D eigenvalue weighted by Crippen LogP contribution is -2.52. The first-order valence-corrected chi connectivity index (χ1v) is 11.8. The molecule has 0 bridgehead atoms. The molecule has 2 fully saturated rings. The van der Waals surface area contributed by atoms with Crippen LogP contribution in [-0.2, 0) is 11.3 Å². The van der Waals surface area contributed by atoms with Gasteiger partial charge in [-0.15, -0.1) is 24.0 Å². The molecule has 2 heterocycles. The first kappa shape index (κ1) is 28.1. The van der Waals surface area contributed by atoms with Crippen molar-refractivity contribution in [2.24, 2.45) is 4.99 Å². The molecule has 33 heavy (non-hydrogen) atoms. The summed E-state index contributed by atoms with van der Waals surface area (Å²) in [6.07, 6.45) is 4.09. The van der Waals surface area contributed by atoms with E-state index in [1.165, 1.54) is 7.11 Å². The number of hydrogen-bond acceptors (Lipinski definition) is 5. The standard InChI is InChI=1S/C24H40FN5O2.HI/c1-5-26-23(27-18-24(29(2)3)10-14-32-15-11-24)28-20-8-12-30(13-9-20)17-19-6-7-22(31-4)21(25)16-19;/h6-7,16,20H,5,8-15,17-18H2,1-4H3,(H2,26,27,28);1H. The van der Waals surface area contributed by atoms with Gasteiger partial charge in [0.05, 0.1) is 13.7 Å². The zero-order chi connectivity index (χ0) is 23.0. The van der Waals surface area contributed by atoms with Gasteiger partial charge >= 0.3 is 0 Å². The van der Waals surface area contributed by atoms with Crippen molar-refractivity contribution in [3.8, 4) is 5.75 Å². The van der Waals surface area contributed by atoms with E-state index >= 15 is 0 Å². The molecule has 0 aromatic heterocycles. The zero-order valence-electron chi connectivity index (χ0n) is 20.5. The quantitative estimate of drug-likeness (QED) is 0.282. The van der Waals surface area contributed by atoms with E-state index in [2.05, 4.69) is 41.5 Å². The Balaban J connectivity index is 0.00000385. The second-order valence-corrected chi connectivity index (χ2v) is 9.09. The SMILES string of the molecule is CCNC(=NCC1(N(C)C)CCOCC1)NC1CCN(Cc2ccc(OC)c(F)c2)CC1.I. The van der Waals surface area contributed by atoms with E-state index in [1.54, 1.807) is 12.1 Å². The molecule has 2 N–H and O–H groups in total. The van der Waals surface area contributed by atoms with Gasteiger partial charge in [0.15, 0.2) is 17.5 Å². The summed E-state index contributed by atoms with van der Waals surface area (Å²) < 4.78 is 24.6. The van der Waals surface area contributed by atoms with E-state index in [0.717, 1.165) is 83.1 Å². The Labute approximate surface area is 215 Å². The predicted molar refractivity (Wildman–Crippen MR) is 142 cm³/mol. The zero-order valence-corrected chi connectivity index (χ0v) is 22.9. The molecule has 0 saturated carbocycles. The molecule has 1 aromatic carbocycles. The highest BCUT2D eigenvalue weighted by Gasteiger charge is 2.34. The molecule has 9 heteroatoms. The Kier molecular flexibility index (Phi) is 11.6. The number of methoxy groups -OCH3 is 1. The fourth-order valence-electron chi connectivity index (χ4n) is 4.54. The highest BCUT2D eigenvalue weighted by molar-refractivity contribution is 14.0. The molecular formula is C24H41FIN5O2. The minimum atomic E-state index is -0.298. The van der Waals surface area contributed by atoms with Gasteiger partial charge in [-0.05, 0) is 64.4 Å². The van der Waals surface area contributed by atoms with Gasteiger partial charge in [-0.1, -0.05) is 6.07 Å². The molecular weight excluding hydrogens is 536 g/mol. The van der Waals surface area contributed by atoms with E-state index in [-0.39, 0.29) is 35.3 Å². The third-order valence-corrected chi connectivity index (χ3v) is 6.80. The minimum Gasteiger partial charge on any atom is -0.494 e. The lowest BCUT2D eigenvalue weighted by molar-refractivity contribution is -0.00256. The van der Waals surface area contributed by atoms with Gasteiger partial charge in [0.1, 0.15) is 0 Å². The molecule has 7 nitrogen and oxygen atoms in total. The van der Waals surface area contributed by atoms with E-state index < -0.39 is 0 Å². The van der Waals surface area contributed by atoms with Crippen molar-refractivity contribution in [3.05, 3.63) is 29.6 Å². The molecule has 3 rings (SSSR count). The van der Waals surface area contributed by atoms with Crippen molar-refractivity contribution in [3.63, 3.8) is 0 Å². The molecule has 2 aliphatic rings. The van der Waals surface area contributed by atoms with Gasteiger partial charge < -0.3 is 25.0 Å². The summed E-state index contributed by atoms with van der Waals surface area (Å²) >= 11 is 0. The van der Waals surface area contributed by atoms with Gasteiger partial charge in [-0.3, -0.25) is 9.89 Å². The van der Waals surface area contributed by atoms with Crippen molar-refractivity contribution >= 4 is 29.9 Å². The summed E-state index contributed by atoms with van der Waals surface area (Å²) in [5, 5.41) is 7.06. The minimum absolute atomic E-state index is 0. The van der Waals surface area contributed by atoms with Crippen LogP contribution in [-0.4, -0.2) is 87.9 Å². The summed E-state index contributed by atoms with van der Waals surface area (Å²) in [5.41, 5.74) is 1.05. The van der Waals surface area contributed by atoms with Crippen molar-refractivity contribution in [2.45, 2.75) is 50.7 Å². The molecule has 0 atom stereocenters. The van der Waals surface area contributed by atoms with Gasteiger partial charge in [-0.25, -0.2) is 4.39 Å². The highest BCUT2D eigenvalue weighted by Crippen LogP contribution is 2.26. The van der Waals surface area contributed by atoms with E-state index in [9.17, 15) is 4.39 Å². The van der Waals surface area contributed by atoms with Crippen molar-refractivity contribution in [1.82, 2.24) is 20.4 Å². The maximum Gasteiger partial charge on any atom is 0.191 e. The largest absolute Gasteiger partial charge is 0.494 e. The normalized spacial score (nSPS) is 19.8. The smallest absolute Gasteiger partial charge is 0.191 e. The van der Waals surface area contributed by atoms with Gasteiger partial charge in [-0.2, -0.15) is 0 Å². The van der Waals surface area contributed by atoms with Crippen LogP contribution in [0, 0.1) is 5.82 Å². The first-order valence-electron chi connectivity index (χ1n) is 11.8. The molecule has 1 aromatic rings. The second kappa shape index (κ2) is 13.7. The fraction of sp³-hybridized carbons (Fsp3) is 0.708. The highest BCUT2D eigenvalue weighted by atomic mass is 127. The van der Waals surface area contributed by atoms with Gasteiger partial charge in [0.25, 0.3) is 0 Å². The van der Waals surface area contributed by atoms with Crippen LogP contribution in [0.5, 0.6) is 5.75 Å². The van der Waals surface area contributed by atoms with E-state index in [1.807, 2.05) is 6.07 Å². The average Bonchev–Trinajstić information content (AvgIpc) is 2.79.